The van der Waals surface area contributed by atoms with Crippen molar-refractivity contribution in [2.75, 3.05) is 11.9 Å². The summed E-state index contributed by atoms with van der Waals surface area (Å²) in [5.41, 5.74) is 0.657. The SMILES string of the molecule is CCC[C@]1(C)CCC[C@@H](F)[C@H](N(C)c2ncc(-c3c[nH]c(-n4ccnc4)cc3=O)nn2)C1. The molecule has 1 N–H and O–H groups in total. The summed E-state index contributed by atoms with van der Waals surface area (Å²) in [7, 11) is 1.83. The van der Waals surface area contributed by atoms with Crippen LogP contribution in [0.4, 0.5) is 10.3 Å². The first-order chi connectivity index (χ1) is 15.4. The maximum absolute atomic E-state index is 15.0. The summed E-state index contributed by atoms with van der Waals surface area (Å²) in [5.74, 6) is 0.972. The molecule has 1 aliphatic carbocycles. The maximum Gasteiger partial charge on any atom is 0.245 e. The van der Waals surface area contributed by atoms with Gasteiger partial charge < -0.3 is 9.88 Å². The monoisotopic (exact) mass is 439 g/mol. The first kappa shape index (κ1) is 22.1. The minimum atomic E-state index is -0.930. The number of pyridine rings is 1. The number of H-pyrrole nitrogens is 1. The van der Waals surface area contributed by atoms with Gasteiger partial charge in [-0.1, -0.05) is 20.3 Å². The Morgan fingerprint density at radius 1 is 1.38 bits per heavy atom. The molecule has 170 valence electrons. The quantitative estimate of drug-likeness (QED) is 0.585. The molecule has 3 aromatic heterocycles. The van der Waals surface area contributed by atoms with Crippen molar-refractivity contribution in [1.29, 1.82) is 0 Å². The summed E-state index contributed by atoms with van der Waals surface area (Å²) >= 11 is 0. The molecule has 0 spiro atoms. The first-order valence-corrected chi connectivity index (χ1v) is 11.2. The lowest BCUT2D eigenvalue weighted by molar-refractivity contribution is 0.206. The van der Waals surface area contributed by atoms with Crippen molar-refractivity contribution in [2.45, 2.75) is 64.6 Å². The summed E-state index contributed by atoms with van der Waals surface area (Å²) < 4.78 is 16.7. The van der Waals surface area contributed by atoms with Crippen LogP contribution in [0.15, 0.2) is 42.0 Å². The van der Waals surface area contributed by atoms with Crippen LogP contribution < -0.4 is 10.3 Å². The van der Waals surface area contributed by atoms with Crippen molar-refractivity contribution in [2.24, 2.45) is 5.41 Å². The van der Waals surface area contributed by atoms with E-state index in [4.69, 9.17) is 0 Å². The van der Waals surface area contributed by atoms with Gasteiger partial charge in [-0.25, -0.2) is 14.4 Å². The molecule has 8 nitrogen and oxygen atoms in total. The molecule has 1 aliphatic rings. The van der Waals surface area contributed by atoms with Crippen molar-refractivity contribution in [1.82, 2.24) is 29.7 Å². The van der Waals surface area contributed by atoms with Crippen LogP contribution in [0, 0.1) is 5.41 Å². The van der Waals surface area contributed by atoms with Gasteiger partial charge in [-0.05, 0) is 37.5 Å². The number of aromatic amines is 1. The summed E-state index contributed by atoms with van der Waals surface area (Å²) in [6.45, 7) is 4.44. The molecule has 3 atom stereocenters. The fourth-order valence-electron chi connectivity index (χ4n) is 4.78. The smallest absolute Gasteiger partial charge is 0.245 e. The Morgan fingerprint density at radius 3 is 2.88 bits per heavy atom. The Kier molecular flexibility index (Phi) is 6.34. The number of aromatic nitrogens is 6. The van der Waals surface area contributed by atoms with Gasteiger partial charge in [-0.15, -0.1) is 10.2 Å². The molecule has 0 bridgehead atoms. The van der Waals surface area contributed by atoms with Gasteiger partial charge in [0.2, 0.25) is 5.95 Å². The number of hydrogen-bond donors (Lipinski definition) is 1. The molecule has 0 unspecified atom stereocenters. The van der Waals surface area contributed by atoms with Crippen LogP contribution in [0.3, 0.4) is 0 Å². The Bertz CT molecular complexity index is 1080. The van der Waals surface area contributed by atoms with Crippen LogP contribution in [-0.2, 0) is 0 Å². The van der Waals surface area contributed by atoms with E-state index in [0.717, 1.165) is 32.1 Å². The topological polar surface area (TPSA) is 92.6 Å². The van der Waals surface area contributed by atoms with Gasteiger partial charge in [0.25, 0.3) is 0 Å². The van der Waals surface area contributed by atoms with Crippen molar-refractivity contribution < 1.29 is 4.39 Å². The zero-order chi connectivity index (χ0) is 22.7. The lowest BCUT2D eigenvalue weighted by atomic mass is 9.77. The Labute approximate surface area is 186 Å². The van der Waals surface area contributed by atoms with Gasteiger partial charge in [-0.3, -0.25) is 9.36 Å². The predicted octanol–water partition coefficient (Wildman–Crippen LogP) is 3.94. The van der Waals surface area contributed by atoms with E-state index in [1.165, 1.54) is 12.3 Å². The van der Waals surface area contributed by atoms with E-state index in [0.29, 0.717) is 29.4 Å². The highest BCUT2D eigenvalue weighted by Gasteiger charge is 2.37. The minimum Gasteiger partial charge on any atom is -0.347 e. The second-order valence-corrected chi connectivity index (χ2v) is 9.06. The van der Waals surface area contributed by atoms with Gasteiger partial charge in [-0.2, -0.15) is 0 Å². The first-order valence-electron chi connectivity index (χ1n) is 11.2. The van der Waals surface area contributed by atoms with Crippen LogP contribution >= 0.6 is 0 Å². The largest absolute Gasteiger partial charge is 0.347 e. The highest BCUT2D eigenvalue weighted by atomic mass is 19.1. The van der Waals surface area contributed by atoms with Gasteiger partial charge in [0.1, 0.15) is 24.0 Å². The van der Waals surface area contributed by atoms with Crippen molar-refractivity contribution in [3.8, 4) is 17.1 Å². The van der Waals surface area contributed by atoms with Gasteiger partial charge in [0, 0.05) is 31.7 Å². The standard InChI is InChI=1S/C23H30FN7O/c1-4-7-23(2)8-5-6-17(24)19(12-23)30(3)22-27-14-18(28-29-22)16-13-26-21(11-20(16)32)31-10-9-25-15-31/h9-11,13-15,17,19H,4-8,12H2,1-3H3,(H,26,32)/t17-,19-,23-/m1/s1. The Balaban J connectivity index is 1.55. The highest BCUT2D eigenvalue weighted by molar-refractivity contribution is 5.57. The molecule has 3 aromatic rings. The average molecular weight is 440 g/mol. The normalized spacial score (nSPS) is 23.6. The second kappa shape index (κ2) is 9.18. The van der Waals surface area contributed by atoms with E-state index in [1.807, 2.05) is 11.9 Å². The molecule has 4 rings (SSSR count). The summed E-state index contributed by atoms with van der Waals surface area (Å²) in [6.07, 6.45) is 12.6. The minimum absolute atomic E-state index is 0.117. The fraction of sp³-hybridized carbons (Fsp3) is 0.522. The van der Waals surface area contributed by atoms with Crippen LogP contribution in [0.25, 0.3) is 17.1 Å². The highest BCUT2D eigenvalue weighted by Crippen LogP contribution is 2.41. The Hall–Kier alpha value is -3.10. The molecule has 0 aliphatic heterocycles. The van der Waals surface area contributed by atoms with Crippen molar-refractivity contribution in [3.05, 3.63) is 47.4 Å². The Morgan fingerprint density at radius 2 is 2.22 bits per heavy atom. The molecule has 1 fully saturated rings. The lowest BCUT2D eigenvalue weighted by Gasteiger charge is -2.36. The molecule has 0 amide bonds. The molecule has 0 saturated heterocycles. The van der Waals surface area contributed by atoms with Crippen LogP contribution in [0.5, 0.6) is 0 Å². The predicted molar refractivity (Wildman–Crippen MR) is 122 cm³/mol. The second-order valence-electron chi connectivity index (χ2n) is 9.06. The number of nitrogens with zero attached hydrogens (tertiary/aromatic N) is 6. The molecule has 32 heavy (non-hydrogen) atoms. The van der Waals surface area contributed by atoms with E-state index in [9.17, 15) is 4.79 Å². The molecular formula is C23H30FN7O. The molecule has 0 aromatic carbocycles. The van der Waals surface area contributed by atoms with Crippen LogP contribution in [-0.4, -0.2) is 49.0 Å². The van der Waals surface area contributed by atoms with E-state index in [2.05, 4.69) is 39.0 Å². The lowest BCUT2D eigenvalue weighted by Crippen LogP contribution is -2.42. The van der Waals surface area contributed by atoms with Crippen LogP contribution in [0.2, 0.25) is 0 Å². The number of nitrogens with one attached hydrogen (secondary N) is 1. The van der Waals surface area contributed by atoms with Crippen molar-refractivity contribution >= 4 is 5.95 Å². The van der Waals surface area contributed by atoms with Crippen LogP contribution in [0.1, 0.15) is 52.4 Å². The molecular weight excluding hydrogens is 409 g/mol. The zero-order valence-corrected chi connectivity index (χ0v) is 18.8. The summed E-state index contributed by atoms with van der Waals surface area (Å²) in [5, 5.41) is 8.46. The van der Waals surface area contributed by atoms with E-state index < -0.39 is 6.17 Å². The molecule has 3 heterocycles. The number of hydrogen-bond acceptors (Lipinski definition) is 6. The van der Waals surface area contributed by atoms with Gasteiger partial charge in [0.15, 0.2) is 5.43 Å². The third kappa shape index (κ3) is 4.56. The summed E-state index contributed by atoms with van der Waals surface area (Å²) in [6, 6.07) is 1.19. The van der Waals surface area contributed by atoms with Gasteiger partial charge in [0.05, 0.1) is 17.8 Å². The molecule has 1 saturated carbocycles. The van der Waals surface area contributed by atoms with E-state index >= 15 is 4.39 Å². The fourth-order valence-corrected chi connectivity index (χ4v) is 4.78. The number of halogens is 1. The molecule has 0 radical (unpaired) electrons. The third-order valence-electron chi connectivity index (χ3n) is 6.55. The van der Waals surface area contributed by atoms with E-state index in [1.54, 1.807) is 29.5 Å². The zero-order valence-electron chi connectivity index (χ0n) is 18.8. The average Bonchev–Trinajstić information content (AvgIpc) is 3.27. The van der Waals surface area contributed by atoms with Gasteiger partial charge >= 0.3 is 0 Å². The number of rotatable bonds is 6. The summed E-state index contributed by atoms with van der Waals surface area (Å²) in [4.78, 5) is 25.9. The number of imidazole rings is 1. The maximum atomic E-state index is 15.0. The number of anilines is 1. The third-order valence-corrected chi connectivity index (χ3v) is 6.55. The number of alkyl halides is 1. The van der Waals surface area contributed by atoms with E-state index in [-0.39, 0.29) is 16.9 Å². The molecule has 9 heteroatoms. The van der Waals surface area contributed by atoms with Crippen molar-refractivity contribution in [3.63, 3.8) is 0 Å².